The summed E-state index contributed by atoms with van der Waals surface area (Å²) in [6.07, 6.45) is 2.19. The van der Waals surface area contributed by atoms with Gasteiger partial charge in [0.25, 0.3) is 0 Å². The zero-order chi connectivity index (χ0) is 15.4. The normalized spacial score (nSPS) is 13.3. The summed E-state index contributed by atoms with van der Waals surface area (Å²) in [6.45, 7) is 2.06. The van der Waals surface area contributed by atoms with Gasteiger partial charge in [-0.25, -0.2) is 9.59 Å². The minimum absolute atomic E-state index is 0.169. The molecular formula is C15H17N3O3. The lowest BCUT2D eigenvalue weighted by molar-refractivity contribution is 0.0696. The molecule has 110 valence electrons. The van der Waals surface area contributed by atoms with Crippen LogP contribution < -0.4 is 5.32 Å². The summed E-state index contributed by atoms with van der Waals surface area (Å²) in [6, 6.07) is 6.73. The average Bonchev–Trinajstić information content (AvgIpc) is 3.26. The van der Waals surface area contributed by atoms with E-state index in [1.807, 2.05) is 6.07 Å². The van der Waals surface area contributed by atoms with E-state index in [-0.39, 0.29) is 24.1 Å². The molecule has 0 atom stereocenters. The number of anilines is 1. The van der Waals surface area contributed by atoms with Gasteiger partial charge in [-0.15, -0.1) is 0 Å². The summed E-state index contributed by atoms with van der Waals surface area (Å²) in [5.74, 6) is -1.02. The number of nitrogens with one attached hydrogen (secondary N) is 1. The van der Waals surface area contributed by atoms with E-state index in [9.17, 15) is 9.59 Å². The highest BCUT2D eigenvalue weighted by atomic mass is 16.4. The van der Waals surface area contributed by atoms with E-state index < -0.39 is 5.97 Å². The van der Waals surface area contributed by atoms with Crippen LogP contribution in [0.1, 0.15) is 35.2 Å². The van der Waals surface area contributed by atoms with Gasteiger partial charge in [0.05, 0.1) is 18.1 Å². The molecule has 0 heterocycles. The van der Waals surface area contributed by atoms with Crippen LogP contribution in [0.25, 0.3) is 0 Å². The second kappa shape index (κ2) is 6.27. The number of hydrogen-bond donors (Lipinski definition) is 2. The third-order valence-electron chi connectivity index (χ3n) is 3.52. The number of rotatable bonds is 5. The molecule has 2 amide bonds. The molecule has 0 unspecified atom stereocenters. The summed E-state index contributed by atoms with van der Waals surface area (Å²) in [4.78, 5) is 25.0. The van der Waals surface area contributed by atoms with Crippen LogP contribution in [0.4, 0.5) is 10.5 Å². The maximum atomic E-state index is 12.3. The van der Waals surface area contributed by atoms with Crippen LogP contribution in [0.15, 0.2) is 18.2 Å². The van der Waals surface area contributed by atoms with Crippen molar-refractivity contribution in [1.82, 2.24) is 4.90 Å². The molecule has 6 nitrogen and oxygen atoms in total. The largest absolute Gasteiger partial charge is 0.478 e. The second-order valence-electron chi connectivity index (χ2n) is 5.05. The highest BCUT2D eigenvalue weighted by molar-refractivity contribution is 5.95. The van der Waals surface area contributed by atoms with Crippen molar-refractivity contribution in [2.75, 3.05) is 11.9 Å². The van der Waals surface area contributed by atoms with Crippen LogP contribution in [0, 0.1) is 18.3 Å². The number of nitrogens with zero attached hydrogens (tertiary/aromatic N) is 2. The topological polar surface area (TPSA) is 93.4 Å². The standard InChI is InChI=1S/C15H17N3O3/c1-10-12(14(19)20)4-2-5-13(10)17-15(21)18(9-3-8-16)11-6-7-11/h2,4-5,11H,3,6-7,9H2,1H3,(H,17,21)(H,19,20). The van der Waals surface area contributed by atoms with Crippen LogP contribution in [0.5, 0.6) is 0 Å². The average molecular weight is 287 g/mol. The van der Waals surface area contributed by atoms with E-state index in [1.54, 1.807) is 24.0 Å². The number of nitriles is 1. The Morgan fingerprint density at radius 2 is 2.19 bits per heavy atom. The summed E-state index contributed by atoms with van der Waals surface area (Å²) < 4.78 is 0. The van der Waals surface area contributed by atoms with Crippen LogP contribution in [0.3, 0.4) is 0 Å². The van der Waals surface area contributed by atoms with Crippen molar-refractivity contribution in [1.29, 1.82) is 5.26 Å². The van der Waals surface area contributed by atoms with Gasteiger partial charge < -0.3 is 15.3 Å². The number of benzene rings is 1. The number of carbonyl (C=O) groups is 2. The number of hydrogen-bond acceptors (Lipinski definition) is 3. The van der Waals surface area contributed by atoms with Crippen molar-refractivity contribution in [3.8, 4) is 6.07 Å². The van der Waals surface area contributed by atoms with E-state index in [0.29, 0.717) is 17.8 Å². The van der Waals surface area contributed by atoms with Gasteiger partial charge in [0.2, 0.25) is 0 Å². The van der Waals surface area contributed by atoms with E-state index in [2.05, 4.69) is 5.32 Å². The number of carboxylic acids is 1. The molecule has 2 rings (SSSR count). The summed E-state index contributed by atoms with van der Waals surface area (Å²) >= 11 is 0. The Kier molecular flexibility index (Phi) is 4.43. The van der Waals surface area contributed by atoms with Crippen molar-refractivity contribution in [2.45, 2.75) is 32.2 Å². The smallest absolute Gasteiger partial charge is 0.336 e. The second-order valence-corrected chi connectivity index (χ2v) is 5.05. The fourth-order valence-corrected chi connectivity index (χ4v) is 2.20. The minimum Gasteiger partial charge on any atom is -0.478 e. The molecule has 0 radical (unpaired) electrons. The number of amides is 2. The molecule has 1 saturated carbocycles. The Morgan fingerprint density at radius 1 is 1.48 bits per heavy atom. The summed E-state index contributed by atoms with van der Waals surface area (Å²) in [7, 11) is 0. The van der Waals surface area contributed by atoms with Crippen LogP contribution >= 0.6 is 0 Å². The third kappa shape index (κ3) is 3.51. The Morgan fingerprint density at radius 3 is 2.76 bits per heavy atom. The van der Waals surface area contributed by atoms with E-state index in [1.165, 1.54) is 6.07 Å². The highest BCUT2D eigenvalue weighted by Gasteiger charge is 2.32. The molecule has 0 aromatic heterocycles. The van der Waals surface area contributed by atoms with Gasteiger partial charge in [-0.1, -0.05) is 6.07 Å². The fraction of sp³-hybridized carbons (Fsp3) is 0.400. The van der Waals surface area contributed by atoms with Crippen molar-refractivity contribution in [3.05, 3.63) is 29.3 Å². The minimum atomic E-state index is -1.02. The van der Waals surface area contributed by atoms with Crippen LogP contribution in [-0.4, -0.2) is 34.6 Å². The predicted octanol–water partition coefficient (Wildman–Crippen LogP) is 2.60. The maximum absolute atomic E-state index is 12.3. The number of urea groups is 1. The van der Waals surface area contributed by atoms with E-state index in [4.69, 9.17) is 10.4 Å². The van der Waals surface area contributed by atoms with Crippen molar-refractivity contribution in [2.24, 2.45) is 0 Å². The first-order chi connectivity index (χ1) is 10.0. The van der Waals surface area contributed by atoms with E-state index in [0.717, 1.165) is 12.8 Å². The Hall–Kier alpha value is -2.55. The molecule has 0 saturated heterocycles. The molecule has 1 aliphatic carbocycles. The molecule has 1 aromatic rings. The number of carboxylic acid groups (broad SMARTS) is 1. The van der Waals surface area contributed by atoms with Gasteiger partial charge in [0.1, 0.15) is 0 Å². The molecule has 1 aliphatic rings. The predicted molar refractivity (Wildman–Crippen MR) is 77.1 cm³/mol. The molecule has 2 N–H and O–H groups in total. The number of aromatic carboxylic acids is 1. The van der Waals surface area contributed by atoms with Crippen molar-refractivity contribution >= 4 is 17.7 Å². The first-order valence-corrected chi connectivity index (χ1v) is 6.82. The van der Waals surface area contributed by atoms with Crippen molar-refractivity contribution in [3.63, 3.8) is 0 Å². The third-order valence-corrected chi connectivity index (χ3v) is 3.52. The lowest BCUT2D eigenvalue weighted by Gasteiger charge is -2.22. The monoisotopic (exact) mass is 287 g/mol. The van der Waals surface area contributed by atoms with Gasteiger partial charge in [-0.2, -0.15) is 5.26 Å². The molecule has 1 aromatic carbocycles. The van der Waals surface area contributed by atoms with Gasteiger partial charge >= 0.3 is 12.0 Å². The lowest BCUT2D eigenvalue weighted by atomic mass is 10.1. The van der Waals surface area contributed by atoms with Crippen molar-refractivity contribution < 1.29 is 14.7 Å². The zero-order valence-electron chi connectivity index (χ0n) is 11.8. The van der Waals surface area contributed by atoms with E-state index >= 15 is 0 Å². The first-order valence-electron chi connectivity index (χ1n) is 6.82. The molecule has 0 bridgehead atoms. The molecule has 1 fully saturated rings. The lowest BCUT2D eigenvalue weighted by Crippen LogP contribution is -2.37. The zero-order valence-corrected chi connectivity index (χ0v) is 11.8. The van der Waals surface area contributed by atoms with Gasteiger partial charge in [0.15, 0.2) is 0 Å². The Bertz CT molecular complexity index is 603. The summed E-state index contributed by atoms with van der Waals surface area (Å²) in [5.41, 5.74) is 1.18. The molecular weight excluding hydrogens is 270 g/mol. The summed E-state index contributed by atoms with van der Waals surface area (Å²) in [5, 5.41) is 20.5. The fourth-order valence-electron chi connectivity index (χ4n) is 2.20. The van der Waals surface area contributed by atoms with Crippen LogP contribution in [0.2, 0.25) is 0 Å². The molecule has 21 heavy (non-hydrogen) atoms. The Balaban J connectivity index is 2.13. The SMILES string of the molecule is Cc1c(NC(=O)N(CCC#N)C2CC2)cccc1C(=O)O. The Labute approximate surface area is 123 Å². The molecule has 0 spiro atoms. The van der Waals surface area contributed by atoms with Gasteiger partial charge in [-0.3, -0.25) is 0 Å². The van der Waals surface area contributed by atoms with Gasteiger partial charge in [-0.05, 0) is 37.5 Å². The van der Waals surface area contributed by atoms with Crippen LogP contribution in [-0.2, 0) is 0 Å². The molecule has 6 heteroatoms. The quantitative estimate of drug-likeness (QED) is 0.870. The maximum Gasteiger partial charge on any atom is 0.336 e. The first kappa shape index (κ1) is 14.9. The number of carbonyl (C=O) groups excluding carboxylic acids is 1. The highest BCUT2D eigenvalue weighted by Crippen LogP contribution is 2.28. The molecule has 0 aliphatic heterocycles. The van der Waals surface area contributed by atoms with Gasteiger partial charge in [0, 0.05) is 18.3 Å².